The number of halogens is 1. The zero-order valence-corrected chi connectivity index (χ0v) is 13.3. The van der Waals surface area contributed by atoms with Crippen molar-refractivity contribution < 1.29 is 19.1 Å². The minimum absolute atomic E-state index is 0.00636. The first kappa shape index (κ1) is 16.6. The van der Waals surface area contributed by atoms with E-state index in [4.69, 9.17) is 0 Å². The van der Waals surface area contributed by atoms with E-state index in [9.17, 15) is 19.1 Å². The van der Waals surface area contributed by atoms with E-state index >= 15 is 0 Å². The predicted octanol–water partition coefficient (Wildman–Crippen LogP) is 3.40. The fourth-order valence-corrected chi connectivity index (χ4v) is 2.67. The number of rotatable bonds is 5. The second kappa shape index (κ2) is 7.13. The van der Waals surface area contributed by atoms with Gasteiger partial charge >= 0.3 is 5.97 Å². The Labute approximate surface area is 143 Å². The molecule has 0 unspecified atom stereocenters. The average Bonchev–Trinajstić information content (AvgIpc) is 2.60. The van der Waals surface area contributed by atoms with Crippen molar-refractivity contribution in [3.63, 3.8) is 0 Å². The predicted molar refractivity (Wildman–Crippen MR) is 92.9 cm³/mol. The summed E-state index contributed by atoms with van der Waals surface area (Å²) in [6.45, 7) is 0. The van der Waals surface area contributed by atoms with Gasteiger partial charge in [0.2, 0.25) is 0 Å². The number of amides is 1. The Morgan fingerprint density at radius 2 is 1.72 bits per heavy atom. The van der Waals surface area contributed by atoms with Crippen molar-refractivity contribution in [2.24, 2.45) is 0 Å². The van der Waals surface area contributed by atoms with Crippen LogP contribution in [0.15, 0.2) is 66.7 Å². The van der Waals surface area contributed by atoms with Gasteiger partial charge in [0.25, 0.3) is 5.91 Å². The highest BCUT2D eigenvalue weighted by atomic mass is 19.1. The van der Waals surface area contributed by atoms with Crippen LogP contribution < -0.4 is 5.32 Å². The lowest BCUT2D eigenvalue weighted by Gasteiger charge is -2.15. The summed E-state index contributed by atoms with van der Waals surface area (Å²) in [5.41, 5.74) is 0.885. The maximum absolute atomic E-state index is 13.3. The van der Waals surface area contributed by atoms with Gasteiger partial charge in [0.1, 0.15) is 11.9 Å². The van der Waals surface area contributed by atoms with Crippen LogP contribution in [-0.4, -0.2) is 23.0 Å². The summed E-state index contributed by atoms with van der Waals surface area (Å²) in [5, 5.41) is 13.8. The molecule has 5 heteroatoms. The first-order chi connectivity index (χ1) is 12.0. The van der Waals surface area contributed by atoms with E-state index in [0.29, 0.717) is 11.1 Å². The fraction of sp³-hybridized carbons (Fsp3) is 0.100. The number of carboxylic acid groups (broad SMARTS) is 1. The Balaban J connectivity index is 1.78. The number of carboxylic acids is 1. The van der Waals surface area contributed by atoms with E-state index in [-0.39, 0.29) is 6.42 Å². The molecule has 0 spiro atoms. The van der Waals surface area contributed by atoms with Gasteiger partial charge in [0, 0.05) is 12.0 Å². The van der Waals surface area contributed by atoms with Crippen LogP contribution in [0.1, 0.15) is 15.9 Å². The number of hydrogen-bond donors (Lipinski definition) is 2. The highest BCUT2D eigenvalue weighted by Crippen LogP contribution is 2.16. The van der Waals surface area contributed by atoms with Crippen LogP contribution >= 0.6 is 0 Å². The molecule has 4 nitrogen and oxygen atoms in total. The van der Waals surface area contributed by atoms with Gasteiger partial charge in [-0.1, -0.05) is 42.5 Å². The lowest BCUT2D eigenvalue weighted by molar-refractivity contribution is -0.139. The molecule has 25 heavy (non-hydrogen) atoms. The van der Waals surface area contributed by atoms with Gasteiger partial charge in [-0.3, -0.25) is 4.79 Å². The second-order valence-electron chi connectivity index (χ2n) is 5.76. The van der Waals surface area contributed by atoms with E-state index in [1.807, 2.05) is 30.3 Å². The summed E-state index contributed by atoms with van der Waals surface area (Å²) >= 11 is 0. The standard InChI is InChI=1S/C20H16FNO3/c21-17-7-3-4-13(10-17)11-18(20(24)25)22-19(23)16-9-8-14-5-1-2-6-15(14)12-16/h1-10,12,18H,11H2,(H,22,23)(H,24,25)/t18-/m1/s1. The molecule has 0 bridgehead atoms. The van der Waals surface area contributed by atoms with E-state index in [1.165, 1.54) is 18.2 Å². The van der Waals surface area contributed by atoms with Crippen molar-refractivity contribution in [1.82, 2.24) is 5.32 Å². The molecule has 1 amide bonds. The van der Waals surface area contributed by atoms with Crippen LogP contribution in [0.2, 0.25) is 0 Å². The Morgan fingerprint density at radius 3 is 2.44 bits per heavy atom. The molecular formula is C20H16FNO3. The molecule has 0 saturated carbocycles. The molecule has 0 heterocycles. The highest BCUT2D eigenvalue weighted by molar-refractivity contribution is 6.00. The van der Waals surface area contributed by atoms with Gasteiger partial charge in [0.15, 0.2) is 0 Å². The van der Waals surface area contributed by atoms with Crippen LogP contribution in [0.3, 0.4) is 0 Å². The molecule has 126 valence electrons. The molecule has 3 aromatic rings. The van der Waals surface area contributed by atoms with Crippen molar-refractivity contribution in [3.8, 4) is 0 Å². The number of benzene rings is 3. The third-order valence-corrected chi connectivity index (χ3v) is 3.94. The van der Waals surface area contributed by atoms with Crippen LogP contribution in [0.25, 0.3) is 10.8 Å². The molecule has 0 aliphatic carbocycles. The van der Waals surface area contributed by atoms with Crippen LogP contribution in [0.5, 0.6) is 0 Å². The summed E-state index contributed by atoms with van der Waals surface area (Å²) in [4.78, 5) is 23.9. The molecule has 0 aromatic heterocycles. The number of fused-ring (bicyclic) bond motifs is 1. The summed E-state index contributed by atoms with van der Waals surface area (Å²) in [6.07, 6.45) is 0.00636. The van der Waals surface area contributed by atoms with Crippen molar-refractivity contribution >= 4 is 22.6 Å². The Bertz CT molecular complexity index is 939. The normalized spacial score (nSPS) is 11.9. The lowest BCUT2D eigenvalue weighted by Crippen LogP contribution is -2.42. The highest BCUT2D eigenvalue weighted by Gasteiger charge is 2.21. The molecule has 3 aromatic carbocycles. The summed E-state index contributed by atoms with van der Waals surface area (Å²) in [7, 11) is 0. The zero-order valence-electron chi connectivity index (χ0n) is 13.3. The molecule has 0 aliphatic rings. The van der Waals surface area contributed by atoms with Crippen molar-refractivity contribution in [2.75, 3.05) is 0 Å². The number of carbonyl (C=O) groups excluding carboxylic acids is 1. The average molecular weight is 337 g/mol. The van der Waals surface area contributed by atoms with Crippen molar-refractivity contribution in [2.45, 2.75) is 12.5 Å². The van der Waals surface area contributed by atoms with E-state index < -0.39 is 23.7 Å². The molecule has 0 saturated heterocycles. The quantitative estimate of drug-likeness (QED) is 0.750. The SMILES string of the molecule is O=C(N[C@H](Cc1cccc(F)c1)C(=O)O)c1ccc2ccccc2c1. The first-order valence-electron chi connectivity index (χ1n) is 7.80. The Morgan fingerprint density at radius 1 is 0.960 bits per heavy atom. The molecule has 0 fully saturated rings. The topological polar surface area (TPSA) is 66.4 Å². The van der Waals surface area contributed by atoms with Gasteiger partial charge in [0.05, 0.1) is 0 Å². The van der Waals surface area contributed by atoms with Crippen molar-refractivity contribution in [1.29, 1.82) is 0 Å². The molecule has 0 aliphatic heterocycles. The number of nitrogens with one attached hydrogen (secondary N) is 1. The molecule has 0 radical (unpaired) electrons. The van der Waals surface area contributed by atoms with Gasteiger partial charge in [-0.25, -0.2) is 9.18 Å². The second-order valence-corrected chi connectivity index (χ2v) is 5.76. The maximum Gasteiger partial charge on any atom is 0.326 e. The van der Waals surface area contributed by atoms with E-state index in [1.54, 1.807) is 18.2 Å². The first-order valence-corrected chi connectivity index (χ1v) is 7.80. The lowest BCUT2D eigenvalue weighted by atomic mass is 10.0. The molecule has 1 atom stereocenters. The third kappa shape index (κ3) is 4.01. The summed E-state index contributed by atoms with van der Waals surface area (Å²) in [6, 6.07) is 17.3. The minimum atomic E-state index is -1.17. The summed E-state index contributed by atoms with van der Waals surface area (Å²) < 4.78 is 13.3. The van der Waals surface area contributed by atoms with Crippen LogP contribution in [0, 0.1) is 5.82 Å². The number of aliphatic carboxylic acids is 1. The summed E-state index contributed by atoms with van der Waals surface area (Å²) in [5.74, 6) is -2.09. The third-order valence-electron chi connectivity index (χ3n) is 3.94. The van der Waals surface area contributed by atoms with Crippen LogP contribution in [0.4, 0.5) is 4.39 Å². The Hall–Kier alpha value is -3.21. The molecular weight excluding hydrogens is 321 g/mol. The largest absolute Gasteiger partial charge is 0.480 e. The van der Waals surface area contributed by atoms with Crippen LogP contribution in [-0.2, 0) is 11.2 Å². The monoisotopic (exact) mass is 337 g/mol. The van der Waals surface area contributed by atoms with E-state index in [2.05, 4.69) is 5.32 Å². The fourth-order valence-electron chi connectivity index (χ4n) is 2.67. The zero-order chi connectivity index (χ0) is 17.8. The van der Waals surface area contributed by atoms with Gasteiger partial charge < -0.3 is 10.4 Å². The molecule has 2 N–H and O–H groups in total. The van der Waals surface area contributed by atoms with Gasteiger partial charge in [-0.15, -0.1) is 0 Å². The smallest absolute Gasteiger partial charge is 0.326 e. The van der Waals surface area contributed by atoms with Crippen molar-refractivity contribution in [3.05, 3.63) is 83.7 Å². The minimum Gasteiger partial charge on any atom is -0.480 e. The van der Waals surface area contributed by atoms with Gasteiger partial charge in [-0.05, 0) is 40.6 Å². The number of hydrogen-bond acceptors (Lipinski definition) is 2. The van der Waals surface area contributed by atoms with E-state index in [0.717, 1.165) is 10.8 Å². The Kier molecular flexibility index (Phi) is 4.75. The van der Waals surface area contributed by atoms with Gasteiger partial charge in [-0.2, -0.15) is 0 Å². The number of carbonyl (C=O) groups is 2. The molecule has 3 rings (SSSR count). The maximum atomic E-state index is 13.3.